The number of carboxylic acids is 1. The van der Waals surface area contributed by atoms with Gasteiger partial charge < -0.3 is 26.2 Å². The van der Waals surface area contributed by atoms with Gasteiger partial charge >= 0.3 is 12.0 Å². The minimum atomic E-state index is -1.42. The summed E-state index contributed by atoms with van der Waals surface area (Å²) in [7, 11) is 0. The van der Waals surface area contributed by atoms with E-state index in [4.69, 9.17) is 10.2 Å². The number of urea groups is 1. The molecule has 0 radical (unpaired) electrons. The van der Waals surface area contributed by atoms with Gasteiger partial charge in [-0.05, 0) is 25.8 Å². The first kappa shape index (κ1) is 14.7. The Morgan fingerprint density at radius 1 is 1.17 bits per heavy atom. The van der Waals surface area contributed by atoms with Gasteiger partial charge in [-0.1, -0.05) is 0 Å². The SMILES string of the molecule is O=C(NCCCNC1CC1)NCC[C@H](O)C(=O)O. The van der Waals surface area contributed by atoms with Crippen LogP contribution in [-0.4, -0.2) is 54.0 Å². The van der Waals surface area contributed by atoms with Crippen molar-refractivity contribution < 1.29 is 19.8 Å². The monoisotopic (exact) mass is 259 g/mol. The van der Waals surface area contributed by atoms with Crippen molar-refractivity contribution in [3.63, 3.8) is 0 Å². The molecule has 7 heteroatoms. The lowest BCUT2D eigenvalue weighted by molar-refractivity contribution is -0.146. The van der Waals surface area contributed by atoms with Gasteiger partial charge in [0.25, 0.3) is 0 Å². The summed E-state index contributed by atoms with van der Waals surface area (Å²) >= 11 is 0. The molecule has 0 bridgehead atoms. The maximum atomic E-state index is 11.2. The molecule has 1 aliphatic rings. The third-order valence-corrected chi connectivity index (χ3v) is 2.64. The third kappa shape index (κ3) is 7.08. The van der Waals surface area contributed by atoms with E-state index in [1.807, 2.05) is 0 Å². The number of hydrogen-bond donors (Lipinski definition) is 5. The highest BCUT2D eigenvalue weighted by Crippen LogP contribution is 2.18. The smallest absolute Gasteiger partial charge is 0.332 e. The number of carbonyl (C=O) groups is 2. The lowest BCUT2D eigenvalue weighted by atomic mass is 10.2. The predicted molar refractivity (Wildman–Crippen MR) is 65.3 cm³/mol. The van der Waals surface area contributed by atoms with Crippen molar-refractivity contribution in [2.75, 3.05) is 19.6 Å². The Morgan fingerprint density at radius 3 is 2.44 bits per heavy atom. The van der Waals surface area contributed by atoms with E-state index in [1.165, 1.54) is 12.8 Å². The number of nitrogens with one attached hydrogen (secondary N) is 3. The second-order valence-corrected chi connectivity index (χ2v) is 4.41. The fraction of sp³-hybridized carbons (Fsp3) is 0.818. The van der Waals surface area contributed by atoms with Crippen LogP contribution in [0.2, 0.25) is 0 Å². The van der Waals surface area contributed by atoms with E-state index < -0.39 is 12.1 Å². The van der Waals surface area contributed by atoms with Crippen LogP contribution >= 0.6 is 0 Å². The number of aliphatic hydroxyl groups excluding tert-OH is 1. The van der Waals surface area contributed by atoms with Crippen LogP contribution in [-0.2, 0) is 4.79 Å². The average molecular weight is 259 g/mol. The molecule has 1 aliphatic carbocycles. The fourth-order valence-corrected chi connectivity index (χ4v) is 1.39. The summed E-state index contributed by atoms with van der Waals surface area (Å²) < 4.78 is 0. The summed E-state index contributed by atoms with van der Waals surface area (Å²) in [6.45, 7) is 1.61. The van der Waals surface area contributed by atoms with Gasteiger partial charge in [0.05, 0.1) is 0 Å². The molecule has 1 atom stereocenters. The number of rotatable bonds is 9. The first-order chi connectivity index (χ1) is 8.59. The average Bonchev–Trinajstić information content (AvgIpc) is 3.12. The molecule has 0 unspecified atom stereocenters. The van der Waals surface area contributed by atoms with Crippen molar-refractivity contribution >= 4 is 12.0 Å². The molecule has 1 fully saturated rings. The van der Waals surface area contributed by atoms with Crippen LogP contribution in [0.1, 0.15) is 25.7 Å². The first-order valence-corrected chi connectivity index (χ1v) is 6.25. The molecule has 1 saturated carbocycles. The molecule has 0 spiro atoms. The molecule has 0 saturated heterocycles. The lowest BCUT2D eigenvalue weighted by Crippen LogP contribution is -2.38. The highest BCUT2D eigenvalue weighted by Gasteiger charge is 2.19. The van der Waals surface area contributed by atoms with Crippen molar-refractivity contribution in [1.82, 2.24) is 16.0 Å². The predicted octanol–water partition coefficient (Wildman–Crippen LogP) is -0.737. The zero-order valence-electron chi connectivity index (χ0n) is 10.3. The maximum Gasteiger partial charge on any atom is 0.332 e. The zero-order valence-corrected chi connectivity index (χ0v) is 10.3. The zero-order chi connectivity index (χ0) is 13.4. The van der Waals surface area contributed by atoms with Gasteiger partial charge in [0.1, 0.15) is 0 Å². The molecule has 104 valence electrons. The molecule has 7 nitrogen and oxygen atoms in total. The summed E-state index contributed by atoms with van der Waals surface area (Å²) in [5, 5.41) is 25.9. The highest BCUT2D eigenvalue weighted by atomic mass is 16.4. The van der Waals surface area contributed by atoms with E-state index in [2.05, 4.69) is 16.0 Å². The minimum absolute atomic E-state index is 0.00594. The van der Waals surface area contributed by atoms with Gasteiger partial charge in [-0.2, -0.15) is 0 Å². The molecule has 0 aromatic rings. The van der Waals surface area contributed by atoms with Crippen molar-refractivity contribution in [2.24, 2.45) is 0 Å². The number of carboxylic acid groups (broad SMARTS) is 1. The summed E-state index contributed by atoms with van der Waals surface area (Å²) in [6, 6.07) is 0.343. The molecule has 2 amide bonds. The van der Waals surface area contributed by atoms with Crippen LogP contribution in [0.4, 0.5) is 4.79 Å². The van der Waals surface area contributed by atoms with Crippen LogP contribution < -0.4 is 16.0 Å². The Balaban J connectivity index is 1.88. The Morgan fingerprint density at radius 2 is 1.83 bits per heavy atom. The number of aliphatic hydroxyl groups is 1. The van der Waals surface area contributed by atoms with E-state index in [1.54, 1.807) is 0 Å². The quantitative estimate of drug-likeness (QED) is 0.350. The molecule has 0 aromatic heterocycles. The lowest BCUT2D eigenvalue weighted by Gasteiger charge is -2.09. The van der Waals surface area contributed by atoms with Crippen molar-refractivity contribution in [3.05, 3.63) is 0 Å². The summed E-state index contributed by atoms with van der Waals surface area (Å²) in [6.07, 6.45) is 1.95. The van der Waals surface area contributed by atoms with Gasteiger partial charge in [0, 0.05) is 25.6 Å². The molecule has 0 aliphatic heterocycles. The van der Waals surface area contributed by atoms with Gasteiger partial charge in [0.15, 0.2) is 6.10 Å². The van der Waals surface area contributed by atoms with Gasteiger partial charge in [-0.25, -0.2) is 9.59 Å². The van der Waals surface area contributed by atoms with E-state index in [0.29, 0.717) is 12.6 Å². The number of hydrogen-bond acceptors (Lipinski definition) is 4. The fourth-order valence-electron chi connectivity index (χ4n) is 1.39. The Hall–Kier alpha value is -1.34. The van der Waals surface area contributed by atoms with Crippen LogP contribution in [0.15, 0.2) is 0 Å². The topological polar surface area (TPSA) is 111 Å². The second kappa shape index (κ2) is 7.88. The molecule has 5 N–H and O–H groups in total. The van der Waals surface area contributed by atoms with E-state index in [0.717, 1.165) is 13.0 Å². The Kier molecular flexibility index (Phi) is 6.45. The second-order valence-electron chi connectivity index (χ2n) is 4.41. The molecule has 18 heavy (non-hydrogen) atoms. The van der Waals surface area contributed by atoms with Crippen LogP contribution in [0, 0.1) is 0 Å². The summed E-state index contributed by atoms with van der Waals surface area (Å²) in [5.41, 5.74) is 0. The Bertz CT molecular complexity index is 281. The van der Waals surface area contributed by atoms with E-state index >= 15 is 0 Å². The maximum absolute atomic E-state index is 11.2. The Labute approximate surface area is 106 Å². The van der Waals surface area contributed by atoms with Crippen LogP contribution in [0.3, 0.4) is 0 Å². The minimum Gasteiger partial charge on any atom is -0.479 e. The van der Waals surface area contributed by atoms with Crippen molar-refractivity contribution in [1.29, 1.82) is 0 Å². The number of amides is 2. The van der Waals surface area contributed by atoms with Gasteiger partial charge in [0.2, 0.25) is 0 Å². The third-order valence-electron chi connectivity index (χ3n) is 2.64. The highest BCUT2D eigenvalue weighted by molar-refractivity contribution is 5.74. The summed E-state index contributed by atoms with van der Waals surface area (Å²) in [5.74, 6) is -1.27. The van der Waals surface area contributed by atoms with E-state index in [9.17, 15) is 9.59 Å². The van der Waals surface area contributed by atoms with Crippen molar-refractivity contribution in [2.45, 2.75) is 37.8 Å². The normalized spacial score (nSPS) is 16.1. The molecule has 0 heterocycles. The molecule has 0 aromatic carbocycles. The number of aliphatic carboxylic acids is 1. The van der Waals surface area contributed by atoms with E-state index in [-0.39, 0.29) is 19.0 Å². The molecular formula is C11H21N3O4. The standard InChI is InChI=1S/C11H21N3O4/c15-9(10(16)17)4-7-14-11(18)13-6-1-5-12-8-2-3-8/h8-9,12,15H,1-7H2,(H,16,17)(H2,13,14,18)/t9-/m0/s1. The molecular weight excluding hydrogens is 238 g/mol. The summed E-state index contributed by atoms with van der Waals surface area (Å²) in [4.78, 5) is 21.5. The van der Waals surface area contributed by atoms with Crippen molar-refractivity contribution in [3.8, 4) is 0 Å². The van der Waals surface area contributed by atoms with Crippen LogP contribution in [0.25, 0.3) is 0 Å². The molecule has 1 rings (SSSR count). The van der Waals surface area contributed by atoms with Gasteiger partial charge in [-0.15, -0.1) is 0 Å². The number of carbonyl (C=O) groups excluding carboxylic acids is 1. The first-order valence-electron chi connectivity index (χ1n) is 6.25. The largest absolute Gasteiger partial charge is 0.479 e. The van der Waals surface area contributed by atoms with Crippen LogP contribution in [0.5, 0.6) is 0 Å². The van der Waals surface area contributed by atoms with Gasteiger partial charge in [-0.3, -0.25) is 0 Å².